The Hall–Kier alpha value is -1.87. The fourth-order valence-corrected chi connectivity index (χ4v) is 4.15. The number of aliphatic imine (C=N–C) groups is 1. The smallest absolute Gasteiger partial charge is 0.250 e. The molecule has 1 saturated heterocycles. The summed E-state index contributed by atoms with van der Waals surface area (Å²) >= 11 is 0. The Morgan fingerprint density at radius 1 is 1.12 bits per heavy atom. The summed E-state index contributed by atoms with van der Waals surface area (Å²) in [6, 6.07) is 17.0. The van der Waals surface area contributed by atoms with Crippen LogP contribution in [0.2, 0.25) is 0 Å². The minimum absolute atomic E-state index is 0. The maximum Gasteiger partial charge on any atom is 0.250 e. The van der Waals surface area contributed by atoms with E-state index in [0.29, 0.717) is 12.1 Å². The van der Waals surface area contributed by atoms with Gasteiger partial charge < -0.3 is 15.2 Å². The monoisotopic (exact) mass is 551 g/mol. The van der Waals surface area contributed by atoms with Crippen LogP contribution in [0.4, 0.5) is 0 Å². The summed E-state index contributed by atoms with van der Waals surface area (Å²) in [6.45, 7) is 8.91. The Kier molecular flexibility index (Phi) is 11.8. The van der Waals surface area contributed by atoms with Crippen molar-refractivity contribution in [2.45, 2.75) is 64.7 Å². The molecule has 0 saturated carbocycles. The lowest BCUT2D eigenvalue weighted by molar-refractivity contribution is 0.134. The van der Waals surface area contributed by atoms with E-state index in [4.69, 9.17) is 4.99 Å². The maximum absolute atomic E-state index is 11.8. The largest absolute Gasteiger partial charge is 0.357 e. The number of nitrogens with zero attached hydrogens (tertiary/aromatic N) is 3. The molecule has 2 atom stereocenters. The van der Waals surface area contributed by atoms with E-state index in [2.05, 4.69) is 59.7 Å². The third-order valence-electron chi connectivity index (χ3n) is 5.90. The lowest BCUT2D eigenvalue weighted by Gasteiger charge is -2.38. The second kappa shape index (κ2) is 14.3. The first-order chi connectivity index (χ1) is 15.2. The quantitative estimate of drug-likeness (QED) is 0.215. The molecule has 32 heavy (non-hydrogen) atoms. The number of unbranched alkanes of at least 4 members (excludes halogenated alkanes) is 1. The van der Waals surface area contributed by atoms with Crippen molar-refractivity contribution < 1.29 is 0 Å². The molecule has 2 unspecified atom stereocenters. The molecule has 176 valence electrons. The van der Waals surface area contributed by atoms with Crippen LogP contribution in [-0.4, -0.2) is 47.1 Å². The van der Waals surface area contributed by atoms with Crippen molar-refractivity contribution in [1.29, 1.82) is 0 Å². The number of benzene rings is 1. The number of pyridine rings is 1. The summed E-state index contributed by atoms with van der Waals surface area (Å²) in [5.41, 5.74) is 1.45. The molecule has 2 N–H and O–H groups in total. The first-order valence-corrected chi connectivity index (χ1v) is 11.6. The van der Waals surface area contributed by atoms with Gasteiger partial charge in [0.05, 0.1) is 0 Å². The van der Waals surface area contributed by atoms with Crippen LogP contribution < -0.4 is 16.2 Å². The molecular formula is C25H38IN5O. The van der Waals surface area contributed by atoms with Gasteiger partial charge >= 0.3 is 0 Å². The van der Waals surface area contributed by atoms with Crippen molar-refractivity contribution in [2.75, 3.05) is 19.6 Å². The highest BCUT2D eigenvalue weighted by Gasteiger charge is 2.25. The molecule has 0 amide bonds. The molecule has 1 aromatic heterocycles. The van der Waals surface area contributed by atoms with Crippen molar-refractivity contribution in [3.8, 4) is 0 Å². The predicted octanol–water partition coefficient (Wildman–Crippen LogP) is 3.85. The Balaban J connectivity index is 0.00000363. The van der Waals surface area contributed by atoms with E-state index in [1.54, 1.807) is 16.7 Å². The van der Waals surface area contributed by atoms with E-state index in [0.717, 1.165) is 64.4 Å². The Labute approximate surface area is 209 Å². The number of hydrogen-bond acceptors (Lipinski definition) is 3. The number of guanidine groups is 1. The van der Waals surface area contributed by atoms with Crippen molar-refractivity contribution in [3.05, 3.63) is 70.6 Å². The number of halogens is 1. The number of hydrogen-bond donors (Lipinski definition) is 2. The van der Waals surface area contributed by atoms with Crippen LogP contribution >= 0.6 is 24.0 Å². The van der Waals surface area contributed by atoms with Crippen LogP contribution in [0, 0.1) is 0 Å². The second-order valence-electron chi connectivity index (χ2n) is 8.37. The fraction of sp³-hybridized carbons (Fsp3) is 0.520. The van der Waals surface area contributed by atoms with E-state index in [1.165, 1.54) is 5.56 Å². The molecule has 0 aliphatic carbocycles. The van der Waals surface area contributed by atoms with Crippen molar-refractivity contribution in [3.63, 3.8) is 0 Å². The Morgan fingerprint density at radius 2 is 1.91 bits per heavy atom. The molecule has 2 heterocycles. The first-order valence-electron chi connectivity index (χ1n) is 11.6. The van der Waals surface area contributed by atoms with Gasteiger partial charge in [0, 0.05) is 57.1 Å². The molecule has 2 aromatic rings. The number of piperidine rings is 1. The van der Waals surface area contributed by atoms with Gasteiger partial charge in [-0.05, 0) is 51.2 Å². The summed E-state index contributed by atoms with van der Waals surface area (Å²) in [5.74, 6) is 0.910. The fourth-order valence-electron chi connectivity index (χ4n) is 4.15. The van der Waals surface area contributed by atoms with Crippen LogP contribution in [0.15, 0.2) is 64.5 Å². The van der Waals surface area contributed by atoms with E-state index in [9.17, 15) is 4.79 Å². The lowest BCUT2D eigenvalue weighted by atomic mass is 9.97. The number of nitrogens with one attached hydrogen (secondary N) is 2. The third kappa shape index (κ3) is 8.58. The van der Waals surface area contributed by atoms with Gasteiger partial charge in [0.25, 0.3) is 0 Å². The zero-order valence-corrected chi connectivity index (χ0v) is 21.7. The Morgan fingerprint density at radius 3 is 2.62 bits per heavy atom. The molecule has 0 radical (unpaired) electrons. The van der Waals surface area contributed by atoms with Gasteiger partial charge in [0.2, 0.25) is 5.56 Å². The van der Waals surface area contributed by atoms with E-state index in [1.807, 2.05) is 12.3 Å². The maximum atomic E-state index is 11.8. The average molecular weight is 552 g/mol. The van der Waals surface area contributed by atoms with E-state index in [-0.39, 0.29) is 29.5 Å². The molecular weight excluding hydrogens is 513 g/mol. The summed E-state index contributed by atoms with van der Waals surface area (Å²) < 4.78 is 1.76. The highest BCUT2D eigenvalue weighted by Crippen LogP contribution is 2.19. The Bertz CT molecular complexity index is 870. The highest BCUT2D eigenvalue weighted by molar-refractivity contribution is 14.0. The van der Waals surface area contributed by atoms with Crippen molar-refractivity contribution in [2.24, 2.45) is 4.99 Å². The molecule has 1 aliphatic rings. The summed E-state index contributed by atoms with van der Waals surface area (Å²) in [6.07, 6.45) is 6.00. The van der Waals surface area contributed by atoms with E-state index < -0.39 is 0 Å². The molecule has 0 spiro atoms. The van der Waals surface area contributed by atoms with Gasteiger partial charge in [0.1, 0.15) is 0 Å². The molecule has 6 nitrogen and oxygen atoms in total. The zero-order chi connectivity index (χ0) is 21.9. The summed E-state index contributed by atoms with van der Waals surface area (Å²) in [7, 11) is 0. The number of aromatic nitrogens is 1. The van der Waals surface area contributed by atoms with Crippen LogP contribution in [0.25, 0.3) is 0 Å². The third-order valence-corrected chi connectivity index (χ3v) is 5.90. The zero-order valence-electron chi connectivity index (χ0n) is 19.4. The second-order valence-corrected chi connectivity index (χ2v) is 8.37. The van der Waals surface area contributed by atoms with Gasteiger partial charge in [-0.1, -0.05) is 36.4 Å². The minimum Gasteiger partial charge on any atom is -0.357 e. The van der Waals surface area contributed by atoms with Crippen LogP contribution in [0.1, 0.15) is 45.1 Å². The predicted molar refractivity (Wildman–Crippen MR) is 144 cm³/mol. The van der Waals surface area contributed by atoms with Crippen LogP contribution in [-0.2, 0) is 13.1 Å². The number of likely N-dealkylation sites (tertiary alicyclic amines) is 1. The highest BCUT2D eigenvalue weighted by atomic mass is 127. The first kappa shape index (κ1) is 26.4. The van der Waals surface area contributed by atoms with Gasteiger partial charge in [-0.15, -0.1) is 24.0 Å². The standard InChI is InChI=1S/C25H37N5O.HI/c1-3-26-25(27-15-8-10-17-29-16-9-7-13-24(29)31)28-23-14-18-30(21(2)19-23)20-22-11-5-4-6-12-22;/h4-7,9,11-13,16,21,23H,3,8,10,14-15,17-20H2,1-2H3,(H2,26,27,28);1H. The number of rotatable bonds is 9. The van der Waals surface area contributed by atoms with Crippen LogP contribution in [0.5, 0.6) is 0 Å². The van der Waals surface area contributed by atoms with Gasteiger partial charge in [-0.2, -0.15) is 0 Å². The van der Waals surface area contributed by atoms with Gasteiger partial charge in [0.15, 0.2) is 5.96 Å². The van der Waals surface area contributed by atoms with Gasteiger partial charge in [-0.25, -0.2) is 0 Å². The normalized spacial score (nSPS) is 19.2. The SMILES string of the molecule is CCNC(=NCCCCn1ccccc1=O)NC1CCN(Cc2ccccc2)C(C)C1.I. The summed E-state index contributed by atoms with van der Waals surface area (Å²) in [4.78, 5) is 19.1. The minimum atomic E-state index is 0. The molecule has 1 aliphatic heterocycles. The topological polar surface area (TPSA) is 61.7 Å². The average Bonchev–Trinajstić information content (AvgIpc) is 2.77. The summed E-state index contributed by atoms with van der Waals surface area (Å²) in [5, 5.41) is 7.03. The molecule has 0 bridgehead atoms. The lowest BCUT2D eigenvalue weighted by Crippen LogP contribution is -2.51. The van der Waals surface area contributed by atoms with Crippen molar-refractivity contribution in [1.82, 2.24) is 20.1 Å². The van der Waals surface area contributed by atoms with Gasteiger partial charge in [-0.3, -0.25) is 14.7 Å². The van der Waals surface area contributed by atoms with Crippen molar-refractivity contribution >= 4 is 29.9 Å². The molecule has 1 aromatic carbocycles. The number of aryl methyl sites for hydroxylation is 1. The molecule has 3 rings (SSSR count). The van der Waals surface area contributed by atoms with Crippen LogP contribution in [0.3, 0.4) is 0 Å². The van der Waals surface area contributed by atoms with E-state index >= 15 is 0 Å². The molecule has 7 heteroatoms. The molecule has 1 fully saturated rings.